The van der Waals surface area contributed by atoms with E-state index >= 15 is 0 Å². The van der Waals surface area contributed by atoms with Crippen LogP contribution in [0.15, 0.2) is 211 Å². The van der Waals surface area contributed by atoms with Gasteiger partial charge in [0.2, 0.25) is 0 Å². The van der Waals surface area contributed by atoms with E-state index in [1.807, 2.05) is 6.07 Å². The van der Waals surface area contributed by atoms with E-state index in [1.54, 1.807) is 0 Å². The van der Waals surface area contributed by atoms with Crippen molar-refractivity contribution in [1.82, 2.24) is 0 Å². The van der Waals surface area contributed by atoms with Crippen molar-refractivity contribution in [2.24, 2.45) is 0 Å². The molecule has 2 heterocycles. The quantitative estimate of drug-likeness (QED) is 0.178. The van der Waals surface area contributed by atoms with Crippen LogP contribution in [0.4, 0.5) is 34.1 Å². The third-order valence-electron chi connectivity index (χ3n) is 11.0. The summed E-state index contributed by atoms with van der Waals surface area (Å²) in [7, 11) is 0. The van der Waals surface area contributed by atoms with E-state index in [2.05, 4.69) is 210 Å². The van der Waals surface area contributed by atoms with Crippen LogP contribution >= 0.6 is 0 Å². The topological polar surface area (TPSA) is 19.6 Å². The number of fused-ring (bicyclic) bond motifs is 6. The van der Waals surface area contributed by atoms with Crippen molar-refractivity contribution in [3.8, 4) is 33.4 Å². The summed E-state index contributed by atoms with van der Waals surface area (Å²) >= 11 is 0. The summed E-state index contributed by atoms with van der Waals surface area (Å²) in [6.07, 6.45) is 0. The summed E-state index contributed by atoms with van der Waals surface area (Å²) in [6.45, 7) is 0. The fourth-order valence-electron chi connectivity index (χ4n) is 8.45. The van der Waals surface area contributed by atoms with Crippen LogP contribution in [0, 0.1) is 0 Å². The monoisotopic (exact) mass is 702 g/mol. The number of hydrogen-bond donors (Lipinski definition) is 0. The number of benzene rings is 9. The van der Waals surface area contributed by atoms with Crippen LogP contribution in [-0.4, -0.2) is 0 Å². The molecule has 0 N–H and O–H groups in total. The van der Waals surface area contributed by atoms with Gasteiger partial charge in [-0.3, -0.25) is 0 Å². The molecule has 0 unspecified atom stereocenters. The lowest BCUT2D eigenvalue weighted by Gasteiger charge is -2.41. The van der Waals surface area contributed by atoms with E-state index in [4.69, 9.17) is 4.42 Å². The van der Waals surface area contributed by atoms with Crippen molar-refractivity contribution in [1.29, 1.82) is 0 Å². The first-order valence-corrected chi connectivity index (χ1v) is 18.8. The maximum atomic E-state index is 6.56. The number of anilines is 6. The second-order valence-electron chi connectivity index (χ2n) is 14.1. The fourth-order valence-corrected chi connectivity index (χ4v) is 8.45. The van der Waals surface area contributed by atoms with Gasteiger partial charge in [0.1, 0.15) is 11.2 Å². The minimum atomic E-state index is 0.903. The third-order valence-corrected chi connectivity index (χ3v) is 11.0. The fraction of sp³-hybridized carbons (Fsp3) is 0. The van der Waals surface area contributed by atoms with Gasteiger partial charge >= 0.3 is 0 Å². The summed E-state index contributed by atoms with van der Waals surface area (Å²) in [5.41, 5.74) is 15.4. The van der Waals surface area contributed by atoms with E-state index in [-0.39, 0.29) is 0 Å². The summed E-state index contributed by atoms with van der Waals surface area (Å²) in [5.74, 6) is 0. The van der Waals surface area contributed by atoms with E-state index in [0.29, 0.717) is 0 Å². The molecule has 0 amide bonds. The Labute approximate surface area is 319 Å². The van der Waals surface area contributed by atoms with Crippen molar-refractivity contribution >= 4 is 66.8 Å². The van der Waals surface area contributed by atoms with Gasteiger partial charge in [-0.25, -0.2) is 0 Å². The number of hydrogen-bond acceptors (Lipinski definition) is 3. The lowest BCUT2D eigenvalue weighted by molar-refractivity contribution is 0.670. The summed E-state index contributed by atoms with van der Waals surface area (Å²) in [4.78, 5) is 4.89. The highest BCUT2D eigenvalue weighted by molar-refractivity contribution is 6.15. The Balaban J connectivity index is 1.18. The average molecular weight is 703 g/mol. The molecule has 3 nitrogen and oxygen atoms in total. The normalized spacial score (nSPS) is 12.3. The maximum absolute atomic E-state index is 6.56. The Morgan fingerprint density at radius 2 is 0.818 bits per heavy atom. The van der Waals surface area contributed by atoms with E-state index in [1.165, 1.54) is 27.6 Å². The predicted octanol–water partition coefficient (Wildman–Crippen LogP) is 15.0. The molecule has 0 bridgehead atoms. The van der Waals surface area contributed by atoms with Gasteiger partial charge in [0, 0.05) is 27.4 Å². The molecule has 0 saturated carbocycles. The molecular formula is C52H34N2O. The van der Waals surface area contributed by atoms with Gasteiger partial charge in [0.15, 0.2) is 0 Å². The van der Waals surface area contributed by atoms with E-state index in [9.17, 15) is 0 Å². The van der Waals surface area contributed by atoms with Crippen LogP contribution in [0.5, 0.6) is 0 Å². The molecule has 0 spiro atoms. The Morgan fingerprint density at radius 3 is 1.47 bits per heavy atom. The van der Waals surface area contributed by atoms with Gasteiger partial charge in [-0.05, 0) is 81.7 Å². The molecule has 0 radical (unpaired) electrons. The Morgan fingerprint density at radius 1 is 0.291 bits per heavy atom. The zero-order chi connectivity index (χ0) is 36.3. The molecule has 1 aromatic heterocycles. The zero-order valence-electron chi connectivity index (χ0n) is 29.9. The van der Waals surface area contributed by atoms with Crippen molar-refractivity contribution in [3.63, 3.8) is 0 Å². The molecule has 10 aromatic rings. The highest BCUT2D eigenvalue weighted by atomic mass is 16.3. The molecule has 55 heavy (non-hydrogen) atoms. The van der Waals surface area contributed by atoms with Crippen LogP contribution < -0.4 is 9.80 Å². The highest BCUT2D eigenvalue weighted by Crippen LogP contribution is 2.57. The average Bonchev–Trinajstić information content (AvgIpc) is 3.65. The van der Waals surface area contributed by atoms with Gasteiger partial charge in [-0.2, -0.15) is 0 Å². The molecule has 3 heteroatoms. The summed E-state index contributed by atoms with van der Waals surface area (Å²) < 4.78 is 6.56. The van der Waals surface area contributed by atoms with Crippen molar-refractivity contribution in [2.75, 3.05) is 9.80 Å². The number of furan rings is 1. The molecule has 0 atom stereocenters. The Bertz CT molecular complexity index is 2950. The molecule has 0 aliphatic carbocycles. The molecule has 1 aliphatic rings. The van der Waals surface area contributed by atoms with Gasteiger partial charge in [-0.15, -0.1) is 0 Å². The van der Waals surface area contributed by atoms with Crippen LogP contribution in [-0.2, 0) is 0 Å². The number of nitrogens with zero attached hydrogens (tertiary/aromatic N) is 2. The van der Waals surface area contributed by atoms with Crippen molar-refractivity contribution < 1.29 is 4.42 Å². The van der Waals surface area contributed by atoms with Crippen molar-refractivity contribution in [2.45, 2.75) is 0 Å². The summed E-state index contributed by atoms with van der Waals surface area (Å²) in [6, 6.07) is 74.0. The molecule has 0 saturated heterocycles. The van der Waals surface area contributed by atoms with Crippen molar-refractivity contribution in [3.05, 3.63) is 206 Å². The predicted molar refractivity (Wildman–Crippen MR) is 230 cm³/mol. The lowest BCUT2D eigenvalue weighted by atomic mass is 9.93. The minimum absolute atomic E-state index is 0.903. The van der Waals surface area contributed by atoms with Crippen LogP contribution in [0.25, 0.3) is 66.1 Å². The van der Waals surface area contributed by atoms with E-state index < -0.39 is 0 Å². The first-order valence-electron chi connectivity index (χ1n) is 18.8. The highest BCUT2D eigenvalue weighted by Gasteiger charge is 2.32. The van der Waals surface area contributed by atoms with Gasteiger partial charge < -0.3 is 14.2 Å². The molecular weight excluding hydrogens is 669 g/mol. The first-order chi connectivity index (χ1) is 27.3. The Hall–Kier alpha value is -7.36. The van der Waals surface area contributed by atoms with Crippen LogP contribution in [0.3, 0.4) is 0 Å². The van der Waals surface area contributed by atoms with Gasteiger partial charge in [-0.1, -0.05) is 158 Å². The second-order valence-corrected chi connectivity index (χ2v) is 14.1. The summed E-state index contributed by atoms with van der Waals surface area (Å²) in [5, 5.41) is 4.60. The molecule has 258 valence electrons. The van der Waals surface area contributed by atoms with Crippen LogP contribution in [0.1, 0.15) is 0 Å². The Kier molecular flexibility index (Phi) is 7.17. The minimum Gasteiger partial charge on any atom is -0.455 e. The largest absolute Gasteiger partial charge is 0.455 e. The zero-order valence-corrected chi connectivity index (χ0v) is 29.9. The number of para-hydroxylation sites is 3. The molecule has 0 fully saturated rings. The second kappa shape index (κ2) is 12.6. The van der Waals surface area contributed by atoms with Gasteiger partial charge in [0.25, 0.3) is 0 Å². The first kappa shape index (κ1) is 31.2. The van der Waals surface area contributed by atoms with Gasteiger partial charge in [0.05, 0.1) is 28.4 Å². The standard InChI is InChI=1S/C52H34N2O/c1-4-15-35(16-5-1)37-27-30-47-49(33-37)53(39-19-8-3-9-20-39)50-34-38(36-17-6-2-7-18-36)28-31-48(50)54(47)46-32-29-41(40-21-10-11-22-42(40)46)44-24-14-25-45-43-23-12-13-26-51(43)55-52(44)45/h1-34H. The molecule has 11 rings (SSSR count). The van der Waals surface area contributed by atoms with Crippen LogP contribution in [0.2, 0.25) is 0 Å². The number of rotatable bonds is 5. The third kappa shape index (κ3) is 5.05. The molecule has 1 aliphatic heterocycles. The lowest BCUT2D eigenvalue weighted by Crippen LogP contribution is -2.24. The SMILES string of the molecule is c1ccc(-c2ccc3c(c2)N(c2ccccc2)c2cc(-c4ccccc4)ccc2N3c2ccc(-c3cccc4c3oc3ccccc34)c3ccccc23)cc1. The smallest absolute Gasteiger partial charge is 0.143 e. The maximum Gasteiger partial charge on any atom is 0.143 e. The van der Waals surface area contributed by atoms with E-state index in [0.717, 1.165) is 72.6 Å². The molecule has 9 aromatic carbocycles.